The molecule has 0 spiro atoms. The maximum atomic E-state index is 4.41. The van der Waals surface area contributed by atoms with Crippen LogP contribution in [0.3, 0.4) is 0 Å². The topological polar surface area (TPSA) is 66.0 Å². The van der Waals surface area contributed by atoms with Gasteiger partial charge in [0.25, 0.3) is 0 Å². The van der Waals surface area contributed by atoms with Gasteiger partial charge in [0.05, 0.1) is 6.20 Å². The van der Waals surface area contributed by atoms with Crippen LogP contribution in [0, 0.1) is 0 Å². The summed E-state index contributed by atoms with van der Waals surface area (Å²) in [5.41, 5.74) is 3.01. The molecule has 1 heterocycles. The Morgan fingerprint density at radius 1 is 0.826 bits per heavy atom. The number of para-hydroxylation sites is 1. The van der Waals surface area contributed by atoms with Gasteiger partial charge in [-0.15, -0.1) is 5.10 Å². The predicted molar refractivity (Wildman–Crippen MR) is 93.6 cm³/mol. The minimum absolute atomic E-state index is 0.450. The zero-order valence-corrected chi connectivity index (χ0v) is 13.1. The number of benzene rings is 2. The molecular formula is C17H18N6. The third-order valence-electron chi connectivity index (χ3n) is 3.24. The Labute approximate surface area is 135 Å². The predicted octanol–water partition coefficient (Wildman–Crippen LogP) is 3.42. The van der Waals surface area contributed by atoms with Gasteiger partial charge in [0.1, 0.15) is 0 Å². The summed E-state index contributed by atoms with van der Waals surface area (Å²) in [4.78, 5) is 6.47. The van der Waals surface area contributed by atoms with Gasteiger partial charge in [-0.3, -0.25) is 0 Å². The molecule has 0 atom stereocenters. The number of anilines is 5. The first-order chi connectivity index (χ1) is 11.2. The van der Waals surface area contributed by atoms with Crippen LogP contribution in [-0.4, -0.2) is 29.3 Å². The Kier molecular flexibility index (Phi) is 4.33. The molecule has 0 saturated heterocycles. The van der Waals surface area contributed by atoms with Gasteiger partial charge in [0.15, 0.2) is 5.82 Å². The van der Waals surface area contributed by atoms with Crippen molar-refractivity contribution in [1.29, 1.82) is 0 Å². The molecule has 0 aliphatic heterocycles. The summed E-state index contributed by atoms with van der Waals surface area (Å²) in [6.07, 6.45) is 1.59. The van der Waals surface area contributed by atoms with Crippen molar-refractivity contribution in [3.63, 3.8) is 0 Å². The Bertz CT molecular complexity index is 756. The van der Waals surface area contributed by atoms with E-state index in [0.717, 1.165) is 17.1 Å². The van der Waals surface area contributed by atoms with Crippen LogP contribution < -0.4 is 15.5 Å². The van der Waals surface area contributed by atoms with Gasteiger partial charge in [-0.05, 0) is 36.4 Å². The highest BCUT2D eigenvalue weighted by atomic mass is 15.3. The van der Waals surface area contributed by atoms with Crippen LogP contribution >= 0.6 is 0 Å². The lowest BCUT2D eigenvalue weighted by Gasteiger charge is -2.13. The first kappa shape index (κ1) is 14.8. The Morgan fingerprint density at radius 2 is 1.52 bits per heavy atom. The average Bonchev–Trinajstić information content (AvgIpc) is 2.57. The van der Waals surface area contributed by atoms with E-state index >= 15 is 0 Å². The maximum absolute atomic E-state index is 4.41. The molecule has 0 saturated carbocycles. The Balaban J connectivity index is 1.72. The summed E-state index contributed by atoms with van der Waals surface area (Å²) in [7, 11) is 4.02. The van der Waals surface area contributed by atoms with Crippen LogP contribution in [0.15, 0.2) is 60.8 Å². The van der Waals surface area contributed by atoms with Crippen molar-refractivity contribution in [2.24, 2.45) is 0 Å². The van der Waals surface area contributed by atoms with E-state index in [1.165, 1.54) is 0 Å². The van der Waals surface area contributed by atoms with Crippen molar-refractivity contribution in [1.82, 2.24) is 15.2 Å². The second kappa shape index (κ2) is 6.74. The fourth-order valence-corrected chi connectivity index (χ4v) is 2.06. The highest BCUT2D eigenvalue weighted by Crippen LogP contribution is 2.19. The summed E-state index contributed by atoms with van der Waals surface area (Å²) in [6, 6.07) is 17.8. The molecule has 3 aromatic rings. The zero-order valence-electron chi connectivity index (χ0n) is 13.1. The zero-order chi connectivity index (χ0) is 16.1. The molecule has 1 aromatic heterocycles. The SMILES string of the molecule is CN(C)c1ccc(Nc2cnnc(Nc3ccccc3)n2)cc1. The minimum atomic E-state index is 0.450. The molecule has 2 N–H and O–H groups in total. The number of rotatable bonds is 5. The van der Waals surface area contributed by atoms with Crippen LogP contribution in [0.1, 0.15) is 0 Å². The van der Waals surface area contributed by atoms with Crippen LogP contribution in [0.25, 0.3) is 0 Å². The van der Waals surface area contributed by atoms with Crippen molar-refractivity contribution >= 4 is 28.8 Å². The van der Waals surface area contributed by atoms with Crippen molar-refractivity contribution in [2.75, 3.05) is 29.6 Å². The largest absolute Gasteiger partial charge is 0.378 e. The fourth-order valence-electron chi connectivity index (χ4n) is 2.06. The van der Waals surface area contributed by atoms with Crippen molar-refractivity contribution in [2.45, 2.75) is 0 Å². The van der Waals surface area contributed by atoms with Crippen LogP contribution in [0.2, 0.25) is 0 Å². The molecule has 0 aliphatic rings. The lowest BCUT2D eigenvalue weighted by molar-refractivity contribution is 0.982. The lowest BCUT2D eigenvalue weighted by atomic mass is 10.2. The smallest absolute Gasteiger partial charge is 0.249 e. The van der Waals surface area contributed by atoms with E-state index < -0.39 is 0 Å². The number of nitrogens with one attached hydrogen (secondary N) is 2. The minimum Gasteiger partial charge on any atom is -0.378 e. The Hall–Kier alpha value is -3.15. The molecule has 3 rings (SSSR count). The van der Waals surface area contributed by atoms with Crippen LogP contribution in [-0.2, 0) is 0 Å². The highest BCUT2D eigenvalue weighted by molar-refractivity contribution is 5.61. The Morgan fingerprint density at radius 3 is 2.22 bits per heavy atom. The molecule has 0 amide bonds. The second-order valence-corrected chi connectivity index (χ2v) is 5.22. The van der Waals surface area contributed by atoms with Crippen molar-refractivity contribution < 1.29 is 0 Å². The summed E-state index contributed by atoms with van der Waals surface area (Å²) in [5, 5.41) is 14.3. The van der Waals surface area contributed by atoms with E-state index in [-0.39, 0.29) is 0 Å². The molecule has 0 bridgehead atoms. The third-order valence-corrected chi connectivity index (χ3v) is 3.24. The van der Waals surface area contributed by atoms with Crippen molar-refractivity contribution in [3.05, 3.63) is 60.8 Å². The number of nitrogens with zero attached hydrogens (tertiary/aromatic N) is 4. The van der Waals surface area contributed by atoms with Gasteiger partial charge in [0.2, 0.25) is 5.95 Å². The van der Waals surface area contributed by atoms with Gasteiger partial charge in [0, 0.05) is 31.2 Å². The quantitative estimate of drug-likeness (QED) is 0.753. The number of hydrogen-bond acceptors (Lipinski definition) is 6. The van der Waals surface area contributed by atoms with Crippen LogP contribution in [0.4, 0.5) is 28.8 Å². The van der Waals surface area contributed by atoms with Gasteiger partial charge < -0.3 is 15.5 Å². The molecule has 0 unspecified atom stereocenters. The molecule has 116 valence electrons. The number of hydrogen-bond donors (Lipinski definition) is 2. The summed E-state index contributed by atoms with van der Waals surface area (Å²) < 4.78 is 0. The van der Waals surface area contributed by atoms with Crippen LogP contribution in [0.5, 0.6) is 0 Å². The third kappa shape index (κ3) is 3.94. The molecular weight excluding hydrogens is 288 g/mol. The second-order valence-electron chi connectivity index (χ2n) is 5.22. The van der Waals surface area contributed by atoms with Gasteiger partial charge >= 0.3 is 0 Å². The van der Waals surface area contributed by atoms with E-state index in [4.69, 9.17) is 0 Å². The van der Waals surface area contributed by atoms with E-state index in [9.17, 15) is 0 Å². The van der Waals surface area contributed by atoms with E-state index in [1.807, 2.05) is 68.7 Å². The molecule has 23 heavy (non-hydrogen) atoms. The van der Waals surface area contributed by atoms with E-state index in [2.05, 4.69) is 30.7 Å². The first-order valence-corrected chi connectivity index (χ1v) is 7.27. The average molecular weight is 306 g/mol. The van der Waals surface area contributed by atoms with Gasteiger partial charge in [-0.1, -0.05) is 18.2 Å². The summed E-state index contributed by atoms with van der Waals surface area (Å²) in [5.74, 6) is 1.09. The normalized spacial score (nSPS) is 10.2. The van der Waals surface area contributed by atoms with Gasteiger partial charge in [-0.25, -0.2) is 0 Å². The summed E-state index contributed by atoms with van der Waals surface area (Å²) >= 11 is 0. The van der Waals surface area contributed by atoms with Crippen molar-refractivity contribution in [3.8, 4) is 0 Å². The molecule has 6 heteroatoms. The summed E-state index contributed by atoms with van der Waals surface area (Å²) in [6.45, 7) is 0. The molecule has 6 nitrogen and oxygen atoms in total. The first-order valence-electron chi connectivity index (χ1n) is 7.27. The molecule has 0 radical (unpaired) electrons. The van der Waals surface area contributed by atoms with Gasteiger partial charge in [-0.2, -0.15) is 10.1 Å². The molecule has 0 aliphatic carbocycles. The monoisotopic (exact) mass is 306 g/mol. The number of aromatic nitrogens is 3. The maximum Gasteiger partial charge on any atom is 0.249 e. The van der Waals surface area contributed by atoms with E-state index in [0.29, 0.717) is 11.8 Å². The standard InChI is InChI=1S/C17H18N6/c1-23(2)15-10-8-14(9-11-15)19-16-12-18-22-17(21-16)20-13-6-4-3-5-7-13/h3-12H,1-2H3,(H2,19,20,21,22). The lowest BCUT2D eigenvalue weighted by Crippen LogP contribution is -2.08. The highest BCUT2D eigenvalue weighted by Gasteiger charge is 2.02. The molecule has 2 aromatic carbocycles. The fraction of sp³-hybridized carbons (Fsp3) is 0.118. The molecule has 0 fully saturated rings. The van der Waals surface area contributed by atoms with E-state index in [1.54, 1.807) is 6.20 Å².